The first kappa shape index (κ1) is 38.2. The molecule has 3 unspecified atom stereocenters. The van der Waals surface area contributed by atoms with E-state index in [1.807, 2.05) is 102 Å². The molecule has 3 atom stereocenters. The molecular weight excluding hydrogens is 683 g/mol. The van der Waals surface area contributed by atoms with Crippen LogP contribution in [0.4, 0.5) is 0 Å². The van der Waals surface area contributed by atoms with Crippen LogP contribution in [0.15, 0.2) is 108 Å². The summed E-state index contributed by atoms with van der Waals surface area (Å²) < 4.78 is 17.9. The van der Waals surface area contributed by atoms with Crippen molar-refractivity contribution in [1.29, 1.82) is 0 Å². The molecule has 2 N–H and O–H groups in total. The van der Waals surface area contributed by atoms with Crippen LogP contribution in [-0.4, -0.2) is 72.0 Å². The van der Waals surface area contributed by atoms with E-state index in [9.17, 15) is 14.7 Å². The number of nitrogens with one attached hydrogen (secondary N) is 1. The van der Waals surface area contributed by atoms with Crippen molar-refractivity contribution in [2.75, 3.05) is 33.1 Å². The minimum Gasteiger partial charge on any atom is -0.497 e. The lowest BCUT2D eigenvalue weighted by Gasteiger charge is -2.44. The second-order valence-corrected chi connectivity index (χ2v) is 14.8. The molecule has 0 bridgehead atoms. The Bertz CT molecular complexity index is 1650. The smallest absolute Gasteiger partial charge is 0.223 e. The van der Waals surface area contributed by atoms with Gasteiger partial charge in [-0.15, -0.1) is 0 Å². The highest BCUT2D eigenvalue weighted by Crippen LogP contribution is 2.45. The fraction of sp³-hybridized carbons (Fsp3) is 0.375. The van der Waals surface area contributed by atoms with Gasteiger partial charge in [0.2, 0.25) is 11.8 Å². The molecule has 1 fully saturated rings. The van der Waals surface area contributed by atoms with Crippen LogP contribution in [0, 0.1) is 0 Å². The minimum absolute atomic E-state index is 0.0233. The van der Waals surface area contributed by atoms with E-state index < -0.39 is 17.7 Å². The average molecular weight is 730 g/mol. The van der Waals surface area contributed by atoms with Gasteiger partial charge in [0.1, 0.15) is 22.1 Å². The van der Waals surface area contributed by atoms with E-state index in [-0.39, 0.29) is 25.0 Å². The van der Waals surface area contributed by atoms with Crippen molar-refractivity contribution in [3.8, 4) is 11.5 Å². The van der Waals surface area contributed by atoms with Crippen LogP contribution in [0.25, 0.3) is 0 Å². The van der Waals surface area contributed by atoms with E-state index in [0.29, 0.717) is 43.7 Å². The fourth-order valence-electron chi connectivity index (χ4n) is 6.40. The molecule has 11 heteroatoms. The fourth-order valence-corrected chi connectivity index (χ4v) is 8.27. The van der Waals surface area contributed by atoms with Crippen LogP contribution >= 0.6 is 21.6 Å². The molecule has 1 aliphatic rings. The molecule has 4 aromatic rings. The number of rotatable bonds is 19. The number of β-amino-alcohol motifs (C(OH)–C–C–N with tert-alkyl or cyclic N) is 1. The van der Waals surface area contributed by atoms with E-state index in [4.69, 9.17) is 14.2 Å². The summed E-state index contributed by atoms with van der Waals surface area (Å²) in [6, 6.07) is 30.8. The number of unbranched alkanes of at least 4 members (excludes halogenated alkanes) is 2. The Morgan fingerprint density at radius 1 is 0.863 bits per heavy atom. The van der Waals surface area contributed by atoms with E-state index in [0.717, 1.165) is 40.3 Å². The monoisotopic (exact) mass is 729 g/mol. The molecule has 2 heterocycles. The van der Waals surface area contributed by atoms with Crippen molar-refractivity contribution in [2.24, 2.45) is 0 Å². The van der Waals surface area contributed by atoms with Gasteiger partial charge < -0.3 is 29.5 Å². The molecule has 0 radical (unpaired) electrons. The van der Waals surface area contributed by atoms with Crippen molar-refractivity contribution in [3.05, 3.63) is 120 Å². The SMILES string of the molecule is COc1ccc(COC(c2ccccc2)(c2ccc(OC)cc2)C2CC(O)CN2C(=O)CCCCCNC(=O)CCSSc2ccccn2)cc1. The number of aliphatic hydroxyl groups excluding tert-OH is 1. The first-order valence-corrected chi connectivity index (χ1v) is 19.7. The maximum atomic E-state index is 14.0. The zero-order valence-corrected chi connectivity index (χ0v) is 30.9. The maximum absolute atomic E-state index is 14.0. The van der Waals surface area contributed by atoms with Crippen LogP contribution in [0.5, 0.6) is 11.5 Å². The van der Waals surface area contributed by atoms with Gasteiger partial charge >= 0.3 is 0 Å². The normalized spacial score (nSPS) is 16.7. The number of aromatic nitrogens is 1. The summed E-state index contributed by atoms with van der Waals surface area (Å²) >= 11 is 0. The lowest BCUT2D eigenvalue weighted by Crippen LogP contribution is -2.52. The van der Waals surface area contributed by atoms with Gasteiger partial charge in [-0.25, -0.2) is 4.98 Å². The number of methoxy groups -OCH3 is 2. The first-order chi connectivity index (χ1) is 24.9. The largest absolute Gasteiger partial charge is 0.497 e. The van der Waals surface area contributed by atoms with Crippen LogP contribution in [0.1, 0.15) is 55.2 Å². The number of ether oxygens (including phenoxy) is 3. The first-order valence-electron chi connectivity index (χ1n) is 17.3. The molecule has 0 aliphatic carbocycles. The summed E-state index contributed by atoms with van der Waals surface area (Å²) in [5.74, 6) is 2.18. The molecule has 1 aromatic heterocycles. The van der Waals surface area contributed by atoms with Crippen molar-refractivity contribution < 1.29 is 28.9 Å². The Morgan fingerprint density at radius 2 is 1.55 bits per heavy atom. The van der Waals surface area contributed by atoms with Gasteiger partial charge in [-0.1, -0.05) is 77.9 Å². The highest BCUT2D eigenvalue weighted by molar-refractivity contribution is 8.76. The van der Waals surface area contributed by atoms with Gasteiger partial charge in [-0.2, -0.15) is 0 Å². The Morgan fingerprint density at radius 3 is 2.24 bits per heavy atom. The molecule has 5 rings (SSSR count). The van der Waals surface area contributed by atoms with Gasteiger partial charge in [0, 0.05) is 37.9 Å². The third kappa shape index (κ3) is 10.5. The average Bonchev–Trinajstić information content (AvgIpc) is 3.58. The quantitative estimate of drug-likeness (QED) is 0.0777. The minimum atomic E-state index is -1.08. The summed E-state index contributed by atoms with van der Waals surface area (Å²) in [5.41, 5.74) is 1.63. The lowest BCUT2D eigenvalue weighted by molar-refractivity contribution is -0.141. The second-order valence-electron chi connectivity index (χ2n) is 12.4. The maximum Gasteiger partial charge on any atom is 0.223 e. The van der Waals surface area contributed by atoms with E-state index >= 15 is 0 Å². The number of pyridine rings is 1. The molecule has 3 aromatic carbocycles. The number of hydrogen-bond donors (Lipinski definition) is 2. The number of amides is 2. The number of hydrogen-bond acceptors (Lipinski definition) is 9. The standard InChI is InChI=1S/C40H47N3O6S2/c1-47-34-19-15-30(16-20-34)29-49-40(31-11-5-3-6-12-31,32-17-21-35(48-2)22-18-32)36-27-33(44)28-43(36)39(46)14-7-4-9-24-41-37(45)23-26-50-51-38-13-8-10-25-42-38/h3,5-6,8,10-13,15-22,25,33,36,44H,4,7,9,14,23-24,26-29H2,1-2H3,(H,41,45). The third-order valence-electron chi connectivity index (χ3n) is 9.00. The zero-order valence-electron chi connectivity index (χ0n) is 29.2. The summed E-state index contributed by atoms with van der Waals surface area (Å²) in [7, 11) is 6.45. The molecule has 0 saturated carbocycles. The van der Waals surface area contributed by atoms with Gasteiger partial charge in [-0.05, 0) is 83.1 Å². The van der Waals surface area contributed by atoms with Crippen molar-refractivity contribution >= 4 is 33.4 Å². The molecule has 2 amide bonds. The Kier molecular flexibility index (Phi) is 14.6. The predicted octanol–water partition coefficient (Wildman–Crippen LogP) is 7.03. The molecule has 51 heavy (non-hydrogen) atoms. The number of nitrogens with zero attached hydrogens (tertiary/aromatic N) is 2. The Hall–Kier alpha value is -4.03. The molecule has 1 saturated heterocycles. The van der Waals surface area contributed by atoms with E-state index in [1.54, 1.807) is 42.0 Å². The van der Waals surface area contributed by atoms with E-state index in [1.165, 1.54) is 0 Å². The third-order valence-corrected chi connectivity index (χ3v) is 11.3. The molecule has 9 nitrogen and oxygen atoms in total. The van der Waals surface area contributed by atoms with Gasteiger partial charge in [0.05, 0.1) is 33.0 Å². The highest BCUT2D eigenvalue weighted by atomic mass is 33.1. The predicted molar refractivity (Wildman–Crippen MR) is 203 cm³/mol. The van der Waals surface area contributed by atoms with Crippen molar-refractivity contribution in [1.82, 2.24) is 15.2 Å². The Labute approximate surface area is 308 Å². The Balaban J connectivity index is 1.23. The van der Waals surface area contributed by atoms with Crippen LogP contribution in [0.2, 0.25) is 0 Å². The summed E-state index contributed by atoms with van der Waals surface area (Å²) in [6.07, 6.45) is 4.47. The van der Waals surface area contributed by atoms with Gasteiger partial charge in [-0.3, -0.25) is 9.59 Å². The lowest BCUT2D eigenvalue weighted by atomic mass is 9.78. The van der Waals surface area contributed by atoms with E-state index in [2.05, 4.69) is 10.3 Å². The number of carbonyl (C=O) groups is 2. The molecule has 270 valence electrons. The number of aliphatic hydroxyl groups is 1. The highest BCUT2D eigenvalue weighted by Gasteiger charge is 2.51. The molecule has 1 aliphatic heterocycles. The molecule has 0 spiro atoms. The zero-order chi connectivity index (χ0) is 35.9. The molecular formula is C40H47N3O6S2. The van der Waals surface area contributed by atoms with Gasteiger partial charge in [0.25, 0.3) is 0 Å². The van der Waals surface area contributed by atoms with Crippen molar-refractivity contribution in [3.63, 3.8) is 0 Å². The van der Waals surface area contributed by atoms with Gasteiger partial charge in [0.15, 0.2) is 0 Å². The summed E-state index contributed by atoms with van der Waals surface area (Å²) in [5, 5.41) is 15.0. The number of benzene rings is 3. The van der Waals surface area contributed by atoms with Crippen LogP contribution < -0.4 is 14.8 Å². The summed E-state index contributed by atoms with van der Waals surface area (Å²) in [6.45, 7) is 1.07. The number of carbonyl (C=O) groups excluding carboxylic acids is 2. The van der Waals surface area contributed by atoms with Crippen LogP contribution in [0.3, 0.4) is 0 Å². The van der Waals surface area contributed by atoms with Crippen molar-refractivity contribution in [2.45, 2.75) is 67.9 Å². The van der Waals surface area contributed by atoms with Crippen LogP contribution in [-0.2, 0) is 26.5 Å². The second kappa shape index (κ2) is 19.5. The summed E-state index contributed by atoms with van der Waals surface area (Å²) in [4.78, 5) is 32.4. The topological polar surface area (TPSA) is 110 Å². The number of likely N-dealkylation sites (tertiary alicyclic amines) is 1.